The first-order chi connectivity index (χ1) is 7.96. The molecule has 0 radical (unpaired) electrons. The second-order valence-corrected chi connectivity index (χ2v) is 4.95. The van der Waals surface area contributed by atoms with E-state index >= 15 is 0 Å². The standard InChI is InChI=1S/C12H20N2O3/c1-9(15)10-6-13-14(7-10)5-4-11-8-16-12(2,3)17-11/h6-7,9,11,15H,4-5,8H2,1-3H3. The van der Waals surface area contributed by atoms with Crippen molar-refractivity contribution < 1.29 is 14.6 Å². The molecule has 0 aliphatic carbocycles. The second-order valence-electron chi connectivity index (χ2n) is 4.95. The van der Waals surface area contributed by atoms with Gasteiger partial charge in [-0.3, -0.25) is 4.68 Å². The smallest absolute Gasteiger partial charge is 0.163 e. The van der Waals surface area contributed by atoms with Crippen molar-refractivity contribution in [3.05, 3.63) is 18.0 Å². The Morgan fingerprint density at radius 1 is 1.65 bits per heavy atom. The van der Waals surface area contributed by atoms with Crippen LogP contribution in [-0.2, 0) is 16.0 Å². The fraction of sp³-hybridized carbons (Fsp3) is 0.750. The summed E-state index contributed by atoms with van der Waals surface area (Å²) in [7, 11) is 0. The van der Waals surface area contributed by atoms with Gasteiger partial charge in [-0.2, -0.15) is 5.10 Å². The molecule has 1 aromatic heterocycles. The first-order valence-corrected chi connectivity index (χ1v) is 5.98. The van der Waals surface area contributed by atoms with Gasteiger partial charge in [0.1, 0.15) is 0 Å². The highest BCUT2D eigenvalue weighted by Crippen LogP contribution is 2.24. The fourth-order valence-corrected chi connectivity index (χ4v) is 1.90. The number of aromatic nitrogens is 2. The van der Waals surface area contributed by atoms with Crippen molar-refractivity contribution in [2.75, 3.05) is 6.61 Å². The third kappa shape index (κ3) is 3.28. The number of hydrogen-bond donors (Lipinski definition) is 1. The molecule has 0 spiro atoms. The van der Waals surface area contributed by atoms with Gasteiger partial charge in [-0.1, -0.05) is 0 Å². The summed E-state index contributed by atoms with van der Waals surface area (Å²) in [4.78, 5) is 0. The summed E-state index contributed by atoms with van der Waals surface area (Å²) < 4.78 is 13.0. The Hall–Kier alpha value is -0.910. The molecule has 1 N–H and O–H groups in total. The van der Waals surface area contributed by atoms with E-state index in [4.69, 9.17) is 9.47 Å². The fourth-order valence-electron chi connectivity index (χ4n) is 1.90. The van der Waals surface area contributed by atoms with Crippen LogP contribution >= 0.6 is 0 Å². The van der Waals surface area contributed by atoms with Crippen LogP contribution in [0.5, 0.6) is 0 Å². The van der Waals surface area contributed by atoms with Crippen molar-refractivity contribution in [3.63, 3.8) is 0 Å². The van der Waals surface area contributed by atoms with Crippen LogP contribution in [0.1, 0.15) is 38.9 Å². The average Bonchev–Trinajstić information content (AvgIpc) is 2.81. The highest BCUT2D eigenvalue weighted by molar-refractivity contribution is 5.06. The molecule has 1 saturated heterocycles. The molecule has 2 atom stereocenters. The highest BCUT2D eigenvalue weighted by Gasteiger charge is 2.32. The maximum absolute atomic E-state index is 9.39. The molecular formula is C12H20N2O3. The van der Waals surface area contributed by atoms with E-state index in [1.807, 2.05) is 24.7 Å². The third-order valence-electron chi connectivity index (χ3n) is 2.88. The molecule has 1 fully saturated rings. The Bertz CT molecular complexity index is 374. The van der Waals surface area contributed by atoms with Gasteiger partial charge >= 0.3 is 0 Å². The van der Waals surface area contributed by atoms with Gasteiger partial charge in [-0.05, 0) is 27.2 Å². The predicted molar refractivity (Wildman–Crippen MR) is 62.4 cm³/mol. The summed E-state index contributed by atoms with van der Waals surface area (Å²) in [5.41, 5.74) is 0.842. The number of aliphatic hydroxyl groups excluding tert-OH is 1. The summed E-state index contributed by atoms with van der Waals surface area (Å²) in [5, 5.41) is 13.6. The molecule has 2 rings (SSSR count). The van der Waals surface area contributed by atoms with Crippen molar-refractivity contribution in [2.24, 2.45) is 0 Å². The molecule has 0 bridgehead atoms. The number of hydrogen-bond acceptors (Lipinski definition) is 4. The predicted octanol–water partition coefficient (Wildman–Crippen LogP) is 1.48. The van der Waals surface area contributed by atoms with Crippen molar-refractivity contribution in [2.45, 2.75) is 51.7 Å². The Morgan fingerprint density at radius 2 is 2.41 bits per heavy atom. The third-order valence-corrected chi connectivity index (χ3v) is 2.88. The topological polar surface area (TPSA) is 56.5 Å². The van der Waals surface area contributed by atoms with Gasteiger partial charge < -0.3 is 14.6 Å². The monoisotopic (exact) mass is 240 g/mol. The van der Waals surface area contributed by atoms with Crippen molar-refractivity contribution in [1.82, 2.24) is 9.78 Å². The Balaban J connectivity index is 1.82. The van der Waals surface area contributed by atoms with E-state index in [9.17, 15) is 5.11 Å². The average molecular weight is 240 g/mol. The van der Waals surface area contributed by atoms with Crippen LogP contribution < -0.4 is 0 Å². The molecule has 2 heterocycles. The zero-order valence-corrected chi connectivity index (χ0v) is 10.6. The minimum atomic E-state index is -0.464. The lowest BCUT2D eigenvalue weighted by molar-refractivity contribution is -0.139. The van der Waals surface area contributed by atoms with Gasteiger partial charge in [0.15, 0.2) is 5.79 Å². The zero-order chi connectivity index (χ0) is 12.5. The van der Waals surface area contributed by atoms with Crippen molar-refractivity contribution >= 4 is 0 Å². The maximum Gasteiger partial charge on any atom is 0.163 e. The van der Waals surface area contributed by atoms with E-state index in [2.05, 4.69) is 5.10 Å². The number of aliphatic hydroxyl groups is 1. The van der Waals surface area contributed by atoms with E-state index in [-0.39, 0.29) is 6.10 Å². The van der Waals surface area contributed by atoms with Crippen LogP contribution in [0.15, 0.2) is 12.4 Å². The molecule has 5 nitrogen and oxygen atoms in total. The quantitative estimate of drug-likeness (QED) is 0.866. The van der Waals surface area contributed by atoms with Crippen LogP contribution in [0.4, 0.5) is 0 Å². The molecule has 17 heavy (non-hydrogen) atoms. The summed E-state index contributed by atoms with van der Waals surface area (Å²) in [6.07, 6.45) is 4.09. The molecule has 1 aliphatic heterocycles. The molecule has 96 valence electrons. The van der Waals surface area contributed by atoms with Gasteiger partial charge in [-0.15, -0.1) is 0 Å². The van der Waals surface area contributed by atoms with Crippen molar-refractivity contribution in [3.8, 4) is 0 Å². The number of nitrogens with zero attached hydrogens (tertiary/aromatic N) is 2. The number of ether oxygens (including phenoxy) is 2. The van der Waals surface area contributed by atoms with Crippen LogP contribution in [0.3, 0.4) is 0 Å². The van der Waals surface area contributed by atoms with Crippen LogP contribution in [-0.4, -0.2) is 33.4 Å². The van der Waals surface area contributed by atoms with Gasteiger partial charge in [0.25, 0.3) is 0 Å². The van der Waals surface area contributed by atoms with E-state index in [1.165, 1.54) is 0 Å². The Kier molecular flexibility index (Phi) is 3.51. The van der Waals surface area contributed by atoms with Crippen LogP contribution in [0.25, 0.3) is 0 Å². The highest BCUT2D eigenvalue weighted by atomic mass is 16.7. The van der Waals surface area contributed by atoms with E-state index in [1.54, 1.807) is 13.1 Å². The molecule has 0 amide bonds. The van der Waals surface area contributed by atoms with E-state index in [0.717, 1.165) is 18.5 Å². The lowest BCUT2D eigenvalue weighted by Crippen LogP contribution is -2.22. The minimum Gasteiger partial charge on any atom is -0.389 e. The van der Waals surface area contributed by atoms with Gasteiger partial charge in [0.2, 0.25) is 0 Å². The van der Waals surface area contributed by atoms with Gasteiger partial charge in [0, 0.05) is 18.3 Å². The zero-order valence-electron chi connectivity index (χ0n) is 10.6. The molecule has 2 unspecified atom stereocenters. The molecule has 0 aromatic carbocycles. The molecular weight excluding hydrogens is 220 g/mol. The number of aryl methyl sites for hydroxylation is 1. The van der Waals surface area contributed by atoms with Gasteiger partial charge in [0.05, 0.1) is 25.0 Å². The normalized spacial score (nSPS) is 25.1. The molecule has 1 aromatic rings. The van der Waals surface area contributed by atoms with E-state index in [0.29, 0.717) is 6.61 Å². The second kappa shape index (κ2) is 4.76. The lowest BCUT2D eigenvalue weighted by Gasteiger charge is -2.16. The summed E-state index contributed by atoms with van der Waals surface area (Å²) in [5.74, 6) is -0.459. The first-order valence-electron chi connectivity index (χ1n) is 5.98. The minimum absolute atomic E-state index is 0.129. The molecule has 0 saturated carbocycles. The lowest BCUT2D eigenvalue weighted by atomic mass is 10.2. The first kappa shape index (κ1) is 12.5. The maximum atomic E-state index is 9.39. The van der Waals surface area contributed by atoms with Crippen molar-refractivity contribution in [1.29, 1.82) is 0 Å². The summed E-state index contributed by atoms with van der Waals surface area (Å²) in [6, 6.07) is 0. The number of rotatable bonds is 4. The largest absolute Gasteiger partial charge is 0.389 e. The van der Waals surface area contributed by atoms with Gasteiger partial charge in [-0.25, -0.2) is 0 Å². The molecule has 5 heteroatoms. The Morgan fingerprint density at radius 3 is 2.94 bits per heavy atom. The van der Waals surface area contributed by atoms with Crippen LogP contribution in [0, 0.1) is 0 Å². The summed E-state index contributed by atoms with van der Waals surface area (Å²) in [6.45, 7) is 6.99. The SMILES string of the molecule is CC(O)c1cnn(CCC2COC(C)(C)O2)c1. The van der Waals surface area contributed by atoms with E-state index < -0.39 is 11.9 Å². The van der Waals surface area contributed by atoms with Crippen LogP contribution in [0.2, 0.25) is 0 Å². The summed E-state index contributed by atoms with van der Waals surface area (Å²) >= 11 is 0. The Labute approximate surface area is 101 Å². The molecule has 1 aliphatic rings.